The molecule has 0 atom stereocenters. The molecule has 0 saturated carbocycles. The Bertz CT molecular complexity index is 360. The molecule has 0 aliphatic rings. The first kappa shape index (κ1) is 16.0. The Hall–Kier alpha value is -1.04. The van der Waals surface area contributed by atoms with E-state index in [1.54, 1.807) is 7.11 Å². The Balaban J connectivity index is 2.58. The minimum Gasteiger partial charge on any atom is -0.383 e. The monoisotopic (exact) mass is 267 g/mol. The third-order valence-corrected chi connectivity index (χ3v) is 2.93. The van der Waals surface area contributed by atoms with Gasteiger partial charge in [0, 0.05) is 50.2 Å². The topological polar surface area (TPSA) is 56.3 Å². The van der Waals surface area contributed by atoms with Crippen LogP contribution in [0.3, 0.4) is 0 Å². The summed E-state index contributed by atoms with van der Waals surface area (Å²) in [6, 6.07) is 0. The van der Waals surface area contributed by atoms with E-state index in [0.29, 0.717) is 13.2 Å². The predicted octanol–water partition coefficient (Wildman–Crippen LogP) is 1.41. The van der Waals surface area contributed by atoms with Crippen LogP contribution in [0.5, 0.6) is 0 Å². The number of rotatable bonds is 9. The Labute approximate surface area is 115 Å². The first-order chi connectivity index (χ1) is 9.19. The van der Waals surface area contributed by atoms with Gasteiger partial charge in [-0.2, -0.15) is 0 Å². The van der Waals surface area contributed by atoms with Crippen LogP contribution in [0.2, 0.25) is 0 Å². The maximum absolute atomic E-state index is 5.33. The molecular formula is C14H25N3O2. The fourth-order valence-electron chi connectivity index (χ4n) is 1.87. The average Bonchev–Trinajstić information content (AvgIpc) is 2.37. The van der Waals surface area contributed by atoms with Gasteiger partial charge in [-0.1, -0.05) is 0 Å². The molecule has 5 nitrogen and oxygen atoms in total. The molecule has 0 aliphatic carbocycles. The minimum absolute atomic E-state index is 0.681. The van der Waals surface area contributed by atoms with Crippen LogP contribution in [-0.4, -0.2) is 43.4 Å². The van der Waals surface area contributed by atoms with Crippen molar-refractivity contribution in [1.82, 2.24) is 15.3 Å². The van der Waals surface area contributed by atoms with Crippen molar-refractivity contribution in [1.29, 1.82) is 0 Å². The van der Waals surface area contributed by atoms with Crippen molar-refractivity contribution in [3.8, 4) is 0 Å². The number of nitrogens with zero attached hydrogens (tertiary/aromatic N) is 2. The second-order valence-corrected chi connectivity index (χ2v) is 4.41. The molecule has 0 aliphatic heterocycles. The first-order valence-electron chi connectivity index (χ1n) is 6.79. The number of ether oxygens (including phenoxy) is 2. The van der Waals surface area contributed by atoms with E-state index in [1.165, 1.54) is 5.56 Å². The lowest BCUT2D eigenvalue weighted by Crippen LogP contribution is -2.21. The van der Waals surface area contributed by atoms with Crippen molar-refractivity contribution in [2.24, 2.45) is 0 Å². The lowest BCUT2D eigenvalue weighted by atomic mass is 10.1. The van der Waals surface area contributed by atoms with E-state index in [0.717, 1.165) is 43.3 Å². The van der Waals surface area contributed by atoms with Crippen molar-refractivity contribution in [2.75, 3.05) is 33.5 Å². The van der Waals surface area contributed by atoms with Crippen molar-refractivity contribution >= 4 is 0 Å². The molecule has 0 bridgehead atoms. The fourth-order valence-corrected chi connectivity index (χ4v) is 1.87. The first-order valence-corrected chi connectivity index (χ1v) is 6.79. The van der Waals surface area contributed by atoms with Gasteiger partial charge in [0.2, 0.25) is 0 Å². The number of methoxy groups -OCH3 is 1. The SMILES string of the molecule is CCOCCc1nc(C)c(CNCCOC)c(C)n1. The van der Waals surface area contributed by atoms with E-state index in [1.807, 2.05) is 20.8 Å². The van der Waals surface area contributed by atoms with Gasteiger partial charge in [-0.05, 0) is 20.8 Å². The second kappa shape index (κ2) is 8.96. The molecule has 1 heterocycles. The summed E-state index contributed by atoms with van der Waals surface area (Å²) in [7, 11) is 1.70. The van der Waals surface area contributed by atoms with Gasteiger partial charge in [0.1, 0.15) is 5.82 Å². The molecule has 5 heteroatoms. The average molecular weight is 267 g/mol. The van der Waals surface area contributed by atoms with E-state index in [9.17, 15) is 0 Å². The molecule has 0 amide bonds. The molecule has 19 heavy (non-hydrogen) atoms. The van der Waals surface area contributed by atoms with Crippen LogP contribution in [-0.2, 0) is 22.4 Å². The summed E-state index contributed by atoms with van der Waals surface area (Å²) in [5.74, 6) is 0.865. The zero-order valence-corrected chi connectivity index (χ0v) is 12.5. The van der Waals surface area contributed by atoms with Crippen molar-refractivity contribution in [2.45, 2.75) is 33.7 Å². The number of hydrogen-bond donors (Lipinski definition) is 1. The summed E-state index contributed by atoms with van der Waals surface area (Å²) >= 11 is 0. The molecule has 1 aromatic rings. The smallest absolute Gasteiger partial charge is 0.131 e. The highest BCUT2D eigenvalue weighted by Gasteiger charge is 2.08. The lowest BCUT2D eigenvalue weighted by molar-refractivity contribution is 0.149. The summed E-state index contributed by atoms with van der Waals surface area (Å²) in [5, 5.41) is 3.33. The molecule has 0 spiro atoms. The number of aryl methyl sites for hydroxylation is 2. The Morgan fingerprint density at radius 2 is 1.79 bits per heavy atom. The van der Waals surface area contributed by atoms with Gasteiger partial charge in [-0.25, -0.2) is 9.97 Å². The molecule has 1 N–H and O–H groups in total. The van der Waals surface area contributed by atoms with Crippen LogP contribution in [0.15, 0.2) is 0 Å². The van der Waals surface area contributed by atoms with Crippen molar-refractivity contribution < 1.29 is 9.47 Å². The Morgan fingerprint density at radius 3 is 2.37 bits per heavy atom. The molecule has 0 unspecified atom stereocenters. The normalized spacial score (nSPS) is 10.9. The highest BCUT2D eigenvalue weighted by Crippen LogP contribution is 2.10. The molecule has 0 aromatic carbocycles. The highest BCUT2D eigenvalue weighted by molar-refractivity contribution is 5.24. The lowest BCUT2D eigenvalue weighted by Gasteiger charge is -2.11. The van der Waals surface area contributed by atoms with Crippen LogP contribution < -0.4 is 5.32 Å². The van der Waals surface area contributed by atoms with E-state index in [4.69, 9.17) is 9.47 Å². The highest BCUT2D eigenvalue weighted by atomic mass is 16.5. The van der Waals surface area contributed by atoms with E-state index in [2.05, 4.69) is 15.3 Å². The van der Waals surface area contributed by atoms with Crippen LogP contribution in [0.25, 0.3) is 0 Å². The minimum atomic E-state index is 0.681. The zero-order valence-electron chi connectivity index (χ0n) is 12.5. The van der Waals surface area contributed by atoms with E-state index < -0.39 is 0 Å². The van der Waals surface area contributed by atoms with Gasteiger partial charge in [0.15, 0.2) is 0 Å². The maximum Gasteiger partial charge on any atom is 0.131 e. The standard InChI is InChI=1S/C14H25N3O2/c1-5-19-8-6-14-16-11(2)13(12(3)17-14)10-15-7-9-18-4/h15H,5-10H2,1-4H3. The largest absolute Gasteiger partial charge is 0.383 e. The third kappa shape index (κ3) is 5.63. The summed E-state index contributed by atoms with van der Waals surface area (Å²) in [4.78, 5) is 9.08. The Kier molecular flexibility index (Phi) is 7.55. The summed E-state index contributed by atoms with van der Waals surface area (Å²) in [6.07, 6.45) is 0.771. The number of hydrogen-bond acceptors (Lipinski definition) is 5. The van der Waals surface area contributed by atoms with Crippen LogP contribution >= 0.6 is 0 Å². The molecular weight excluding hydrogens is 242 g/mol. The molecule has 0 saturated heterocycles. The molecule has 1 rings (SSSR count). The molecule has 0 fully saturated rings. The molecule has 0 radical (unpaired) electrons. The van der Waals surface area contributed by atoms with Crippen molar-refractivity contribution in [3.63, 3.8) is 0 Å². The van der Waals surface area contributed by atoms with E-state index >= 15 is 0 Å². The quantitative estimate of drug-likeness (QED) is 0.686. The van der Waals surface area contributed by atoms with Gasteiger partial charge in [-0.15, -0.1) is 0 Å². The van der Waals surface area contributed by atoms with Crippen LogP contribution in [0, 0.1) is 13.8 Å². The second-order valence-electron chi connectivity index (χ2n) is 4.41. The Morgan fingerprint density at radius 1 is 1.11 bits per heavy atom. The molecule has 108 valence electrons. The number of nitrogens with one attached hydrogen (secondary N) is 1. The predicted molar refractivity (Wildman–Crippen MR) is 75.3 cm³/mol. The summed E-state index contributed by atoms with van der Waals surface area (Å²) < 4.78 is 10.3. The van der Waals surface area contributed by atoms with Gasteiger partial charge in [0.05, 0.1) is 13.2 Å². The van der Waals surface area contributed by atoms with Gasteiger partial charge in [-0.3, -0.25) is 0 Å². The van der Waals surface area contributed by atoms with E-state index in [-0.39, 0.29) is 0 Å². The zero-order chi connectivity index (χ0) is 14.1. The van der Waals surface area contributed by atoms with Crippen LogP contribution in [0.1, 0.15) is 29.7 Å². The fraction of sp³-hybridized carbons (Fsp3) is 0.714. The maximum atomic E-state index is 5.33. The number of aromatic nitrogens is 2. The van der Waals surface area contributed by atoms with Crippen molar-refractivity contribution in [3.05, 3.63) is 22.8 Å². The van der Waals surface area contributed by atoms with Crippen LogP contribution in [0.4, 0.5) is 0 Å². The van der Waals surface area contributed by atoms with Gasteiger partial charge >= 0.3 is 0 Å². The third-order valence-electron chi connectivity index (χ3n) is 2.93. The summed E-state index contributed by atoms with van der Waals surface area (Å²) in [6.45, 7) is 9.81. The summed E-state index contributed by atoms with van der Waals surface area (Å²) in [5.41, 5.74) is 3.27. The van der Waals surface area contributed by atoms with Gasteiger partial charge < -0.3 is 14.8 Å². The van der Waals surface area contributed by atoms with Gasteiger partial charge in [0.25, 0.3) is 0 Å². The molecule has 1 aromatic heterocycles.